The van der Waals surface area contributed by atoms with E-state index in [0.29, 0.717) is 13.0 Å². The molecule has 1 aromatic rings. The molecule has 114 valence electrons. The molecule has 0 spiro atoms. The summed E-state index contributed by atoms with van der Waals surface area (Å²) in [5.41, 5.74) is 2.07. The van der Waals surface area contributed by atoms with Crippen LogP contribution in [0.4, 0.5) is 0 Å². The molecule has 20 heavy (non-hydrogen) atoms. The molecule has 6 heteroatoms. The van der Waals surface area contributed by atoms with Gasteiger partial charge >= 0.3 is 0 Å². The molecule has 2 heterocycles. The third kappa shape index (κ3) is 3.42. The SMILES string of the molecule is CCc1nn(C)c(CC(O)C2CN(CC)CCO2)c1Br. The van der Waals surface area contributed by atoms with Gasteiger partial charge in [-0.15, -0.1) is 0 Å². The number of hydrogen-bond acceptors (Lipinski definition) is 4. The number of nitrogens with zero attached hydrogens (tertiary/aromatic N) is 3. The Balaban J connectivity index is 2.04. The smallest absolute Gasteiger partial charge is 0.0964 e. The molecule has 0 amide bonds. The monoisotopic (exact) mass is 345 g/mol. The first-order valence-electron chi connectivity index (χ1n) is 7.29. The predicted octanol–water partition coefficient (Wildman–Crippen LogP) is 1.37. The fourth-order valence-electron chi connectivity index (χ4n) is 2.62. The van der Waals surface area contributed by atoms with Crippen molar-refractivity contribution in [3.8, 4) is 0 Å². The van der Waals surface area contributed by atoms with Gasteiger partial charge in [0.05, 0.1) is 34.7 Å². The molecule has 1 fully saturated rings. The van der Waals surface area contributed by atoms with Crippen molar-refractivity contribution < 1.29 is 9.84 Å². The minimum atomic E-state index is -0.499. The third-order valence-electron chi connectivity index (χ3n) is 3.96. The van der Waals surface area contributed by atoms with Gasteiger partial charge in [0.25, 0.3) is 0 Å². The molecule has 0 saturated carbocycles. The Kier molecular flexibility index (Phi) is 5.60. The summed E-state index contributed by atoms with van der Waals surface area (Å²) in [5, 5.41) is 14.9. The molecule has 0 bridgehead atoms. The summed E-state index contributed by atoms with van der Waals surface area (Å²) in [6.07, 6.45) is 0.830. The van der Waals surface area contributed by atoms with Crippen LogP contribution in [-0.2, 0) is 24.6 Å². The van der Waals surface area contributed by atoms with Gasteiger partial charge in [0.15, 0.2) is 0 Å². The second kappa shape index (κ2) is 7.02. The van der Waals surface area contributed by atoms with Gasteiger partial charge in [-0.05, 0) is 28.9 Å². The van der Waals surface area contributed by atoms with Gasteiger partial charge < -0.3 is 9.84 Å². The van der Waals surface area contributed by atoms with Gasteiger partial charge in [0.2, 0.25) is 0 Å². The van der Waals surface area contributed by atoms with Gasteiger partial charge in [-0.2, -0.15) is 5.10 Å². The van der Waals surface area contributed by atoms with E-state index in [1.54, 1.807) is 0 Å². The Morgan fingerprint density at radius 3 is 2.85 bits per heavy atom. The maximum atomic E-state index is 10.5. The highest BCUT2D eigenvalue weighted by Gasteiger charge is 2.28. The zero-order chi connectivity index (χ0) is 14.7. The Hall–Kier alpha value is -0.430. The van der Waals surface area contributed by atoms with Crippen LogP contribution in [0.2, 0.25) is 0 Å². The van der Waals surface area contributed by atoms with Gasteiger partial charge in [0, 0.05) is 26.6 Å². The second-order valence-electron chi connectivity index (χ2n) is 5.26. The van der Waals surface area contributed by atoms with Crippen molar-refractivity contribution in [1.29, 1.82) is 0 Å². The van der Waals surface area contributed by atoms with E-state index in [1.165, 1.54) is 0 Å². The molecule has 0 aromatic carbocycles. The number of rotatable bonds is 5. The van der Waals surface area contributed by atoms with Crippen LogP contribution in [0.3, 0.4) is 0 Å². The van der Waals surface area contributed by atoms with Gasteiger partial charge in [0.1, 0.15) is 0 Å². The molecule has 5 nitrogen and oxygen atoms in total. The van der Waals surface area contributed by atoms with E-state index < -0.39 is 6.10 Å². The molecule has 2 atom stereocenters. The number of likely N-dealkylation sites (N-methyl/N-ethyl adjacent to an activating group) is 1. The van der Waals surface area contributed by atoms with E-state index in [0.717, 1.165) is 41.9 Å². The number of morpholine rings is 1. The summed E-state index contributed by atoms with van der Waals surface area (Å²) in [5.74, 6) is 0. The fourth-order valence-corrected chi connectivity index (χ4v) is 3.40. The number of aromatic nitrogens is 2. The summed E-state index contributed by atoms with van der Waals surface area (Å²) in [7, 11) is 1.92. The van der Waals surface area contributed by atoms with Crippen molar-refractivity contribution in [1.82, 2.24) is 14.7 Å². The van der Waals surface area contributed by atoms with Crippen molar-refractivity contribution >= 4 is 15.9 Å². The normalized spacial score (nSPS) is 22.1. The molecule has 1 aliphatic rings. The molecule has 1 aliphatic heterocycles. The first-order valence-corrected chi connectivity index (χ1v) is 8.08. The van der Waals surface area contributed by atoms with Crippen LogP contribution in [0, 0.1) is 0 Å². The minimum absolute atomic E-state index is 0.115. The summed E-state index contributed by atoms with van der Waals surface area (Å²) in [6, 6.07) is 0. The molecule has 1 N–H and O–H groups in total. The summed E-state index contributed by atoms with van der Waals surface area (Å²) >= 11 is 3.59. The van der Waals surface area contributed by atoms with Crippen LogP contribution >= 0.6 is 15.9 Å². The first kappa shape index (κ1) is 15.9. The van der Waals surface area contributed by atoms with E-state index in [9.17, 15) is 5.11 Å². The predicted molar refractivity (Wildman–Crippen MR) is 81.9 cm³/mol. The lowest BCUT2D eigenvalue weighted by atomic mass is 10.1. The van der Waals surface area contributed by atoms with Crippen LogP contribution < -0.4 is 0 Å². The zero-order valence-corrected chi connectivity index (χ0v) is 14.1. The van der Waals surface area contributed by atoms with Gasteiger partial charge in [-0.1, -0.05) is 13.8 Å². The van der Waals surface area contributed by atoms with Crippen LogP contribution in [-0.4, -0.2) is 58.2 Å². The van der Waals surface area contributed by atoms with Crippen LogP contribution in [0.1, 0.15) is 25.2 Å². The van der Waals surface area contributed by atoms with E-state index in [1.807, 2.05) is 11.7 Å². The number of aliphatic hydroxyl groups is 1. The Bertz CT molecular complexity index is 450. The third-order valence-corrected chi connectivity index (χ3v) is 4.87. The van der Waals surface area contributed by atoms with E-state index in [4.69, 9.17) is 4.74 Å². The van der Waals surface area contributed by atoms with Gasteiger partial charge in [-0.3, -0.25) is 9.58 Å². The van der Waals surface area contributed by atoms with Crippen LogP contribution in [0.25, 0.3) is 0 Å². The highest BCUT2D eigenvalue weighted by atomic mass is 79.9. The number of aryl methyl sites for hydroxylation is 2. The summed E-state index contributed by atoms with van der Waals surface area (Å²) in [4.78, 5) is 2.31. The number of halogens is 1. The lowest BCUT2D eigenvalue weighted by Gasteiger charge is -2.34. The molecular formula is C14H24BrN3O2. The first-order chi connectivity index (χ1) is 9.56. The van der Waals surface area contributed by atoms with Crippen molar-refractivity contribution in [3.05, 3.63) is 15.9 Å². The molecular weight excluding hydrogens is 322 g/mol. The van der Waals surface area contributed by atoms with Crippen molar-refractivity contribution in [3.63, 3.8) is 0 Å². The van der Waals surface area contributed by atoms with Crippen LogP contribution in [0.5, 0.6) is 0 Å². The highest BCUT2D eigenvalue weighted by molar-refractivity contribution is 9.10. The quantitative estimate of drug-likeness (QED) is 0.875. The number of aliphatic hydroxyl groups excluding tert-OH is 1. The largest absolute Gasteiger partial charge is 0.390 e. The fraction of sp³-hybridized carbons (Fsp3) is 0.786. The molecule has 2 unspecified atom stereocenters. The average molecular weight is 346 g/mol. The van der Waals surface area contributed by atoms with Crippen molar-refractivity contribution in [2.45, 2.75) is 38.9 Å². The zero-order valence-electron chi connectivity index (χ0n) is 12.5. The highest BCUT2D eigenvalue weighted by Crippen LogP contribution is 2.24. The number of ether oxygens (including phenoxy) is 1. The minimum Gasteiger partial charge on any atom is -0.390 e. The van der Waals surface area contributed by atoms with E-state index in [-0.39, 0.29) is 6.10 Å². The molecule has 2 rings (SSSR count). The Morgan fingerprint density at radius 1 is 1.50 bits per heavy atom. The molecule has 0 radical (unpaired) electrons. The maximum Gasteiger partial charge on any atom is 0.0964 e. The molecule has 1 saturated heterocycles. The van der Waals surface area contributed by atoms with E-state index >= 15 is 0 Å². The van der Waals surface area contributed by atoms with Crippen molar-refractivity contribution in [2.24, 2.45) is 7.05 Å². The Morgan fingerprint density at radius 2 is 2.25 bits per heavy atom. The lowest BCUT2D eigenvalue weighted by Crippen LogP contribution is -2.48. The second-order valence-corrected chi connectivity index (χ2v) is 6.05. The van der Waals surface area contributed by atoms with Crippen LogP contribution in [0.15, 0.2) is 4.47 Å². The Labute approximate surface area is 129 Å². The topological polar surface area (TPSA) is 50.5 Å². The molecule has 1 aromatic heterocycles. The maximum absolute atomic E-state index is 10.5. The van der Waals surface area contributed by atoms with Crippen molar-refractivity contribution in [2.75, 3.05) is 26.2 Å². The summed E-state index contributed by atoms with van der Waals surface area (Å²) in [6.45, 7) is 7.67. The summed E-state index contributed by atoms with van der Waals surface area (Å²) < 4.78 is 8.59. The number of hydrogen-bond donors (Lipinski definition) is 1. The lowest BCUT2D eigenvalue weighted by molar-refractivity contribution is -0.0872. The van der Waals surface area contributed by atoms with Gasteiger partial charge in [-0.25, -0.2) is 0 Å². The standard InChI is InChI=1S/C14H24BrN3O2/c1-4-10-14(15)11(17(3)16-10)8-12(19)13-9-18(5-2)6-7-20-13/h12-13,19H,4-9H2,1-3H3. The average Bonchev–Trinajstić information content (AvgIpc) is 2.74. The van der Waals surface area contributed by atoms with E-state index in [2.05, 4.69) is 39.8 Å². The molecule has 0 aliphatic carbocycles.